The summed E-state index contributed by atoms with van der Waals surface area (Å²) in [7, 11) is 0. The van der Waals surface area contributed by atoms with Crippen LogP contribution in [0.4, 0.5) is 16.3 Å². The first-order valence-corrected chi connectivity index (χ1v) is 9.22. The number of aliphatic hydroxyl groups is 1. The lowest BCUT2D eigenvalue weighted by atomic mass is 10.1. The molecule has 2 amide bonds. The maximum atomic E-state index is 12.0. The Hall–Kier alpha value is -3.22. The molecule has 0 aliphatic heterocycles. The summed E-state index contributed by atoms with van der Waals surface area (Å²) >= 11 is 0. The van der Waals surface area contributed by atoms with Crippen LogP contribution in [0, 0.1) is 0 Å². The molecule has 144 valence electrons. The number of anilines is 2. The van der Waals surface area contributed by atoms with Crippen molar-refractivity contribution >= 4 is 17.5 Å². The maximum Gasteiger partial charge on any atom is 0.324 e. The van der Waals surface area contributed by atoms with Crippen LogP contribution in [-0.2, 0) is 6.42 Å². The Kier molecular flexibility index (Phi) is 7.12. The molecule has 4 N–H and O–H groups in total. The van der Waals surface area contributed by atoms with Gasteiger partial charge in [-0.3, -0.25) is 5.32 Å². The van der Waals surface area contributed by atoms with Crippen LogP contribution in [0.15, 0.2) is 79.0 Å². The van der Waals surface area contributed by atoms with Crippen LogP contribution in [-0.4, -0.2) is 29.2 Å². The quantitative estimate of drug-likeness (QED) is 0.453. The minimum absolute atomic E-state index is 0.331. The van der Waals surface area contributed by atoms with Crippen molar-refractivity contribution in [3.63, 3.8) is 0 Å². The van der Waals surface area contributed by atoms with Gasteiger partial charge in [0.2, 0.25) is 0 Å². The lowest BCUT2D eigenvalue weighted by Gasteiger charge is -2.12. The fourth-order valence-electron chi connectivity index (χ4n) is 2.73. The Balaban J connectivity index is 1.39. The van der Waals surface area contributed by atoms with Crippen LogP contribution in [0.3, 0.4) is 0 Å². The zero-order valence-corrected chi connectivity index (χ0v) is 15.5. The molecular weight excluding hydrogens is 352 g/mol. The van der Waals surface area contributed by atoms with Crippen LogP contribution < -0.4 is 16.0 Å². The van der Waals surface area contributed by atoms with Gasteiger partial charge in [0, 0.05) is 18.4 Å². The van der Waals surface area contributed by atoms with Gasteiger partial charge in [0.25, 0.3) is 0 Å². The lowest BCUT2D eigenvalue weighted by molar-refractivity contribution is 0.175. The smallest absolute Gasteiger partial charge is 0.324 e. The average molecular weight is 376 g/mol. The molecular formula is C22H24N4O2. The van der Waals surface area contributed by atoms with Crippen LogP contribution in [0.25, 0.3) is 0 Å². The second-order valence-electron chi connectivity index (χ2n) is 6.37. The predicted octanol–water partition coefficient (Wildman–Crippen LogP) is 3.59. The summed E-state index contributed by atoms with van der Waals surface area (Å²) in [6.07, 6.45) is 1.95. The average Bonchev–Trinajstić information content (AvgIpc) is 2.73. The molecule has 0 unspecified atom stereocenters. The number of rotatable bonds is 8. The van der Waals surface area contributed by atoms with Gasteiger partial charge in [0.05, 0.1) is 6.10 Å². The Morgan fingerprint density at radius 3 is 2.39 bits per heavy atom. The van der Waals surface area contributed by atoms with E-state index in [1.54, 1.807) is 18.3 Å². The third-order valence-corrected chi connectivity index (χ3v) is 4.23. The minimum Gasteiger partial charge on any atom is -0.387 e. The Bertz CT molecular complexity index is 855. The predicted molar refractivity (Wildman–Crippen MR) is 111 cm³/mol. The highest BCUT2D eigenvalue weighted by Crippen LogP contribution is 2.12. The monoisotopic (exact) mass is 376 g/mol. The van der Waals surface area contributed by atoms with Gasteiger partial charge in [-0.25, -0.2) is 9.78 Å². The zero-order valence-electron chi connectivity index (χ0n) is 15.5. The molecule has 0 aliphatic rings. The molecule has 0 saturated carbocycles. The molecule has 1 atom stereocenters. The molecule has 0 bridgehead atoms. The third-order valence-electron chi connectivity index (χ3n) is 4.23. The molecule has 3 aromatic rings. The van der Waals surface area contributed by atoms with E-state index in [0.717, 1.165) is 24.1 Å². The number of hydrogen-bond acceptors (Lipinski definition) is 4. The first-order valence-electron chi connectivity index (χ1n) is 9.22. The van der Waals surface area contributed by atoms with Crippen molar-refractivity contribution in [1.29, 1.82) is 0 Å². The van der Waals surface area contributed by atoms with Gasteiger partial charge in [0.15, 0.2) is 0 Å². The number of carbonyl (C=O) groups excluding carboxylic acids is 1. The summed E-state index contributed by atoms with van der Waals surface area (Å²) in [5.74, 6) is 0.500. The molecule has 1 aromatic heterocycles. The van der Waals surface area contributed by atoms with Crippen molar-refractivity contribution < 1.29 is 9.90 Å². The molecule has 28 heavy (non-hydrogen) atoms. The molecule has 2 aromatic carbocycles. The fourth-order valence-corrected chi connectivity index (χ4v) is 2.73. The van der Waals surface area contributed by atoms with Gasteiger partial charge in [-0.1, -0.05) is 48.5 Å². The van der Waals surface area contributed by atoms with E-state index in [0.29, 0.717) is 18.1 Å². The Morgan fingerprint density at radius 2 is 1.68 bits per heavy atom. The van der Waals surface area contributed by atoms with E-state index >= 15 is 0 Å². The maximum absolute atomic E-state index is 12.0. The number of carbonyl (C=O) groups is 1. The highest BCUT2D eigenvalue weighted by Gasteiger charge is 2.06. The molecule has 0 saturated heterocycles. The van der Waals surface area contributed by atoms with Gasteiger partial charge in [-0.2, -0.15) is 0 Å². The van der Waals surface area contributed by atoms with E-state index in [-0.39, 0.29) is 6.03 Å². The SMILES string of the molecule is O=C(Nc1ccc(CCNC[C@H](O)c2ccccc2)cc1)Nc1ccccn1. The summed E-state index contributed by atoms with van der Waals surface area (Å²) in [6, 6.07) is 22.3. The Morgan fingerprint density at radius 1 is 0.929 bits per heavy atom. The van der Waals surface area contributed by atoms with E-state index in [1.165, 1.54) is 0 Å². The molecule has 3 rings (SSSR count). The van der Waals surface area contributed by atoms with Gasteiger partial charge >= 0.3 is 6.03 Å². The molecule has 0 radical (unpaired) electrons. The van der Waals surface area contributed by atoms with Gasteiger partial charge in [0.1, 0.15) is 5.82 Å². The van der Waals surface area contributed by atoms with E-state index in [1.807, 2.05) is 60.7 Å². The second kappa shape index (κ2) is 10.2. The standard InChI is InChI=1S/C22H24N4O2/c27-20(18-6-2-1-3-7-18)16-23-15-13-17-9-11-19(12-10-17)25-22(28)26-21-8-4-5-14-24-21/h1-12,14,20,23,27H,13,15-16H2,(H2,24,25,26,28)/t20-/m0/s1. The number of nitrogens with zero attached hydrogens (tertiary/aromatic N) is 1. The first kappa shape index (κ1) is 19.5. The number of aliphatic hydroxyl groups excluding tert-OH is 1. The molecule has 6 heteroatoms. The number of urea groups is 1. The Labute approximate surface area is 164 Å². The zero-order chi connectivity index (χ0) is 19.6. The van der Waals surface area contributed by atoms with Crippen LogP contribution in [0.1, 0.15) is 17.2 Å². The van der Waals surface area contributed by atoms with Gasteiger partial charge in [-0.05, 0) is 48.4 Å². The van der Waals surface area contributed by atoms with Crippen LogP contribution >= 0.6 is 0 Å². The van der Waals surface area contributed by atoms with E-state index in [9.17, 15) is 9.90 Å². The lowest BCUT2D eigenvalue weighted by Crippen LogP contribution is -2.23. The van der Waals surface area contributed by atoms with Crippen molar-refractivity contribution in [2.45, 2.75) is 12.5 Å². The van der Waals surface area contributed by atoms with Crippen molar-refractivity contribution in [3.8, 4) is 0 Å². The normalized spacial score (nSPS) is 11.6. The molecule has 0 fully saturated rings. The summed E-state index contributed by atoms with van der Waals surface area (Å²) in [6.45, 7) is 1.27. The number of amides is 2. The number of benzene rings is 2. The van der Waals surface area contributed by atoms with Crippen molar-refractivity contribution in [1.82, 2.24) is 10.3 Å². The molecule has 6 nitrogen and oxygen atoms in total. The van der Waals surface area contributed by atoms with Crippen LogP contribution in [0.2, 0.25) is 0 Å². The van der Waals surface area contributed by atoms with E-state index in [2.05, 4.69) is 20.9 Å². The second-order valence-corrected chi connectivity index (χ2v) is 6.37. The first-order chi connectivity index (χ1) is 13.7. The molecule has 1 heterocycles. The molecule has 0 spiro atoms. The van der Waals surface area contributed by atoms with Crippen molar-refractivity contribution in [2.75, 3.05) is 23.7 Å². The summed E-state index contributed by atoms with van der Waals surface area (Å²) < 4.78 is 0. The van der Waals surface area contributed by atoms with Crippen molar-refractivity contribution in [3.05, 3.63) is 90.1 Å². The minimum atomic E-state index is -0.509. The number of aromatic nitrogens is 1. The van der Waals surface area contributed by atoms with Crippen molar-refractivity contribution in [2.24, 2.45) is 0 Å². The summed E-state index contributed by atoms with van der Waals surface area (Å²) in [4.78, 5) is 16.0. The third kappa shape index (κ3) is 6.19. The fraction of sp³-hybridized carbons (Fsp3) is 0.182. The highest BCUT2D eigenvalue weighted by molar-refractivity contribution is 5.99. The van der Waals surface area contributed by atoms with E-state index < -0.39 is 6.10 Å². The highest BCUT2D eigenvalue weighted by atomic mass is 16.3. The molecule has 0 aliphatic carbocycles. The van der Waals surface area contributed by atoms with Crippen LogP contribution in [0.5, 0.6) is 0 Å². The van der Waals surface area contributed by atoms with Gasteiger partial charge in [-0.15, -0.1) is 0 Å². The van der Waals surface area contributed by atoms with Gasteiger partial charge < -0.3 is 15.7 Å². The topological polar surface area (TPSA) is 86.3 Å². The number of hydrogen-bond donors (Lipinski definition) is 4. The number of pyridine rings is 1. The van der Waals surface area contributed by atoms with E-state index in [4.69, 9.17) is 0 Å². The number of nitrogens with one attached hydrogen (secondary N) is 3. The summed E-state index contributed by atoms with van der Waals surface area (Å²) in [5.41, 5.74) is 2.77. The summed E-state index contributed by atoms with van der Waals surface area (Å²) in [5, 5.41) is 18.9. The largest absolute Gasteiger partial charge is 0.387 e.